The van der Waals surface area contributed by atoms with Gasteiger partial charge in [0.25, 0.3) is 0 Å². The number of halogens is 3. The molecule has 0 aliphatic carbocycles. The Hall–Kier alpha value is -2.08. The minimum Gasteiger partial charge on any atom is -0.383 e. The summed E-state index contributed by atoms with van der Waals surface area (Å²) in [6, 6.07) is 2.25. The quantitative estimate of drug-likeness (QED) is 0.679. The first-order chi connectivity index (χ1) is 8.91. The van der Waals surface area contributed by atoms with Crippen LogP contribution in [0.15, 0.2) is 18.3 Å². The molecule has 0 amide bonds. The summed E-state index contributed by atoms with van der Waals surface area (Å²) in [5.74, 6) is -3.31. The second-order valence-corrected chi connectivity index (χ2v) is 4.16. The third-order valence-corrected chi connectivity index (χ3v) is 2.75. The van der Waals surface area contributed by atoms with Crippen molar-refractivity contribution in [3.8, 4) is 0 Å². The Kier molecular flexibility index (Phi) is 3.44. The maximum Gasteiger partial charge on any atom is 0.224 e. The highest BCUT2D eigenvalue weighted by molar-refractivity contribution is 6.28. The molecule has 0 saturated carbocycles. The third kappa shape index (κ3) is 2.39. The lowest BCUT2D eigenvalue weighted by Gasteiger charge is -2.08. The molecular formula is C12H8ClF2N3O. The molecule has 2 N–H and O–H groups in total. The number of nitrogens with zero attached hydrogens (tertiary/aromatic N) is 2. The molecule has 7 heteroatoms. The van der Waals surface area contributed by atoms with Crippen LogP contribution in [0.3, 0.4) is 0 Å². The fourth-order valence-corrected chi connectivity index (χ4v) is 1.75. The zero-order valence-corrected chi connectivity index (χ0v) is 10.5. The van der Waals surface area contributed by atoms with Gasteiger partial charge in [-0.1, -0.05) is 6.07 Å². The summed E-state index contributed by atoms with van der Waals surface area (Å²) >= 11 is 5.51. The highest BCUT2D eigenvalue weighted by atomic mass is 35.5. The van der Waals surface area contributed by atoms with Crippen LogP contribution >= 0.6 is 11.6 Å². The zero-order chi connectivity index (χ0) is 14.2. The van der Waals surface area contributed by atoms with Crippen LogP contribution < -0.4 is 5.73 Å². The molecule has 2 aromatic rings. The summed E-state index contributed by atoms with van der Waals surface area (Å²) in [6.07, 6.45) is 1.08. The molecule has 0 radical (unpaired) electrons. The van der Waals surface area contributed by atoms with E-state index in [0.717, 1.165) is 12.3 Å². The molecule has 1 aromatic heterocycles. The predicted molar refractivity (Wildman–Crippen MR) is 66.0 cm³/mol. The molecular weight excluding hydrogens is 276 g/mol. The number of carbonyl (C=O) groups excluding carboxylic acids is 1. The third-order valence-electron chi connectivity index (χ3n) is 2.56. The zero-order valence-electron chi connectivity index (χ0n) is 9.75. The van der Waals surface area contributed by atoms with Gasteiger partial charge in [-0.25, -0.2) is 18.7 Å². The van der Waals surface area contributed by atoms with Crippen LogP contribution in [0.2, 0.25) is 5.28 Å². The Morgan fingerprint density at radius 1 is 1.37 bits per heavy atom. The highest BCUT2D eigenvalue weighted by Gasteiger charge is 2.22. The molecule has 0 unspecified atom stereocenters. The van der Waals surface area contributed by atoms with Gasteiger partial charge in [-0.05, 0) is 30.2 Å². The second kappa shape index (κ2) is 4.89. The van der Waals surface area contributed by atoms with E-state index in [4.69, 9.17) is 17.3 Å². The molecule has 0 aliphatic heterocycles. The second-order valence-electron chi connectivity index (χ2n) is 3.82. The number of ketones is 1. The molecule has 0 aliphatic rings. The van der Waals surface area contributed by atoms with Crippen LogP contribution in [-0.4, -0.2) is 15.8 Å². The first-order valence-corrected chi connectivity index (χ1v) is 5.57. The minimum absolute atomic E-state index is 0.128. The lowest BCUT2D eigenvalue weighted by atomic mass is 9.99. The van der Waals surface area contributed by atoms with Crippen LogP contribution in [0.5, 0.6) is 0 Å². The minimum atomic E-state index is -1.22. The van der Waals surface area contributed by atoms with Gasteiger partial charge in [0, 0.05) is 6.20 Å². The Balaban J connectivity index is 2.59. The molecule has 1 heterocycles. The topological polar surface area (TPSA) is 68.9 Å². The van der Waals surface area contributed by atoms with Crippen molar-refractivity contribution >= 4 is 23.2 Å². The van der Waals surface area contributed by atoms with Crippen molar-refractivity contribution in [1.82, 2.24) is 9.97 Å². The van der Waals surface area contributed by atoms with Crippen LogP contribution in [0.4, 0.5) is 14.6 Å². The fourth-order valence-electron chi connectivity index (χ4n) is 1.61. The van der Waals surface area contributed by atoms with E-state index in [9.17, 15) is 13.6 Å². The standard InChI is InChI=1S/C12H8ClF2N3O/c1-5-2-3-7(14)9(15)8(5)10(19)6-4-17-12(13)18-11(6)16/h2-4H,1H3,(H2,16,17,18). The largest absolute Gasteiger partial charge is 0.383 e. The van der Waals surface area contributed by atoms with Crippen molar-refractivity contribution in [3.63, 3.8) is 0 Å². The summed E-state index contributed by atoms with van der Waals surface area (Å²) in [6.45, 7) is 1.49. The monoisotopic (exact) mass is 283 g/mol. The summed E-state index contributed by atoms with van der Waals surface area (Å²) in [7, 11) is 0. The first kappa shape index (κ1) is 13.4. The van der Waals surface area contributed by atoms with Gasteiger partial charge in [0.05, 0.1) is 11.1 Å². The normalized spacial score (nSPS) is 10.5. The van der Waals surface area contributed by atoms with Crippen molar-refractivity contribution in [2.24, 2.45) is 0 Å². The number of hydrogen-bond donors (Lipinski definition) is 1. The van der Waals surface area contributed by atoms with Crippen molar-refractivity contribution in [1.29, 1.82) is 0 Å². The summed E-state index contributed by atoms with van der Waals surface area (Å²) in [5, 5.41) is -0.134. The number of aromatic nitrogens is 2. The van der Waals surface area contributed by atoms with E-state index in [2.05, 4.69) is 9.97 Å². The average Bonchev–Trinajstić information content (AvgIpc) is 2.34. The van der Waals surface area contributed by atoms with Crippen molar-refractivity contribution < 1.29 is 13.6 Å². The van der Waals surface area contributed by atoms with Gasteiger partial charge in [0.15, 0.2) is 11.6 Å². The number of nitrogens with two attached hydrogens (primary N) is 1. The maximum absolute atomic E-state index is 13.7. The smallest absolute Gasteiger partial charge is 0.224 e. The first-order valence-electron chi connectivity index (χ1n) is 5.19. The number of benzene rings is 1. The van der Waals surface area contributed by atoms with E-state index in [1.807, 2.05) is 0 Å². The Bertz CT molecular complexity index is 676. The Labute approximate surface area is 112 Å². The molecule has 2 rings (SSSR count). The van der Waals surface area contributed by atoms with E-state index in [0.29, 0.717) is 5.56 Å². The molecule has 19 heavy (non-hydrogen) atoms. The lowest BCUT2D eigenvalue weighted by molar-refractivity contribution is 0.103. The van der Waals surface area contributed by atoms with Crippen molar-refractivity contribution in [2.75, 3.05) is 5.73 Å². The Morgan fingerprint density at radius 3 is 2.68 bits per heavy atom. The van der Waals surface area contributed by atoms with E-state index in [-0.39, 0.29) is 16.7 Å². The van der Waals surface area contributed by atoms with Crippen LogP contribution in [0.25, 0.3) is 0 Å². The van der Waals surface area contributed by atoms with Crippen LogP contribution in [-0.2, 0) is 0 Å². The summed E-state index contributed by atoms with van der Waals surface area (Å²) in [5.41, 5.74) is 5.30. The van der Waals surface area contributed by atoms with E-state index in [1.165, 1.54) is 13.0 Å². The maximum atomic E-state index is 13.7. The number of rotatable bonds is 2. The molecule has 0 atom stereocenters. The van der Waals surface area contributed by atoms with E-state index in [1.54, 1.807) is 0 Å². The van der Waals surface area contributed by atoms with Gasteiger partial charge < -0.3 is 5.73 Å². The lowest BCUT2D eigenvalue weighted by Crippen LogP contribution is -2.12. The number of hydrogen-bond acceptors (Lipinski definition) is 4. The van der Waals surface area contributed by atoms with E-state index >= 15 is 0 Å². The van der Waals surface area contributed by atoms with Crippen LogP contribution in [0, 0.1) is 18.6 Å². The molecule has 1 aromatic carbocycles. The number of carbonyl (C=O) groups is 1. The SMILES string of the molecule is Cc1ccc(F)c(F)c1C(=O)c1cnc(Cl)nc1N. The molecule has 0 fully saturated rings. The molecule has 0 saturated heterocycles. The van der Waals surface area contributed by atoms with Gasteiger partial charge in [0.2, 0.25) is 11.1 Å². The van der Waals surface area contributed by atoms with Gasteiger partial charge in [-0.3, -0.25) is 4.79 Å². The summed E-state index contributed by atoms with van der Waals surface area (Å²) < 4.78 is 26.9. The Morgan fingerprint density at radius 2 is 2.05 bits per heavy atom. The molecule has 98 valence electrons. The fraction of sp³-hybridized carbons (Fsp3) is 0.0833. The van der Waals surface area contributed by atoms with Gasteiger partial charge in [-0.15, -0.1) is 0 Å². The van der Waals surface area contributed by atoms with Crippen molar-refractivity contribution in [2.45, 2.75) is 6.92 Å². The number of nitrogen functional groups attached to an aromatic ring is 1. The average molecular weight is 284 g/mol. The van der Waals surface area contributed by atoms with Gasteiger partial charge in [-0.2, -0.15) is 0 Å². The summed E-state index contributed by atoms with van der Waals surface area (Å²) in [4.78, 5) is 19.4. The molecule has 0 spiro atoms. The molecule has 4 nitrogen and oxygen atoms in total. The molecule has 0 bridgehead atoms. The highest BCUT2D eigenvalue weighted by Crippen LogP contribution is 2.22. The van der Waals surface area contributed by atoms with E-state index < -0.39 is 23.0 Å². The number of anilines is 1. The van der Waals surface area contributed by atoms with Crippen molar-refractivity contribution in [3.05, 3.63) is 51.9 Å². The van der Waals surface area contributed by atoms with Gasteiger partial charge >= 0.3 is 0 Å². The predicted octanol–water partition coefficient (Wildman–Crippen LogP) is 2.53. The van der Waals surface area contributed by atoms with Crippen LogP contribution in [0.1, 0.15) is 21.5 Å². The number of aryl methyl sites for hydroxylation is 1. The van der Waals surface area contributed by atoms with Gasteiger partial charge in [0.1, 0.15) is 5.82 Å².